The Morgan fingerprint density at radius 1 is 0.923 bits per heavy atom. The Balaban J connectivity index is 1.88. The maximum atomic E-state index is 15.3. The van der Waals surface area contributed by atoms with Gasteiger partial charge in [0.05, 0.1) is 0 Å². The first kappa shape index (κ1) is 15.3. The van der Waals surface area contributed by atoms with Crippen molar-refractivity contribution >= 4 is 5.91 Å². The topological polar surface area (TPSA) is 55.1 Å². The Bertz CT molecular complexity index is 1090. The van der Waals surface area contributed by atoms with Gasteiger partial charge in [-0.05, 0) is 51.4 Å². The molecule has 1 heterocycles. The summed E-state index contributed by atoms with van der Waals surface area (Å²) >= 11 is 0. The van der Waals surface area contributed by atoms with Crippen LogP contribution >= 0.6 is 0 Å². The van der Waals surface area contributed by atoms with Crippen LogP contribution in [0.5, 0.6) is 0 Å². The maximum Gasteiger partial charge on any atom is 0.249 e. The number of benzene rings is 3. The number of primary amides is 1. The van der Waals surface area contributed by atoms with Crippen LogP contribution in [0.1, 0.15) is 32.6 Å². The highest BCUT2D eigenvalue weighted by molar-refractivity contribution is 6.02. The van der Waals surface area contributed by atoms with Gasteiger partial charge in [-0.1, -0.05) is 42.5 Å². The standard InChI is InChI=1S/C22H17FN2O/c23-19-9-17(22(24)26)16-8-12-4-1-2-6-14(12)20(16)21(19)15-7-3-5-13-10-25-11-18(13)15/h1-7,9,25H,8,10-11H2,(H2,24,26). The van der Waals surface area contributed by atoms with Gasteiger partial charge in [-0.3, -0.25) is 4.79 Å². The van der Waals surface area contributed by atoms with E-state index in [1.807, 2.05) is 36.4 Å². The Kier molecular flexibility index (Phi) is 3.24. The Labute approximate surface area is 150 Å². The van der Waals surface area contributed by atoms with Gasteiger partial charge in [0.2, 0.25) is 5.91 Å². The molecule has 5 rings (SSSR count). The molecule has 3 nitrogen and oxygen atoms in total. The summed E-state index contributed by atoms with van der Waals surface area (Å²) < 4.78 is 15.3. The lowest BCUT2D eigenvalue weighted by Gasteiger charge is -2.16. The number of carbonyl (C=O) groups excluding carboxylic acids is 1. The monoisotopic (exact) mass is 344 g/mol. The summed E-state index contributed by atoms with van der Waals surface area (Å²) in [4.78, 5) is 11.9. The molecule has 4 heteroatoms. The first-order valence-electron chi connectivity index (χ1n) is 8.70. The van der Waals surface area contributed by atoms with Gasteiger partial charge < -0.3 is 11.1 Å². The molecule has 0 radical (unpaired) electrons. The number of nitrogens with one attached hydrogen (secondary N) is 1. The summed E-state index contributed by atoms with van der Waals surface area (Å²) in [6, 6.07) is 15.3. The van der Waals surface area contributed by atoms with Crippen LogP contribution in [-0.4, -0.2) is 5.91 Å². The Morgan fingerprint density at radius 3 is 2.54 bits per heavy atom. The minimum Gasteiger partial charge on any atom is -0.366 e. The van der Waals surface area contributed by atoms with E-state index >= 15 is 4.39 Å². The number of halogens is 1. The second-order valence-electron chi connectivity index (χ2n) is 6.88. The molecular formula is C22H17FN2O. The van der Waals surface area contributed by atoms with E-state index in [1.54, 1.807) is 0 Å². The molecule has 3 N–H and O–H groups in total. The molecule has 128 valence electrons. The minimum atomic E-state index is -0.584. The predicted molar refractivity (Wildman–Crippen MR) is 99.1 cm³/mol. The second-order valence-corrected chi connectivity index (χ2v) is 6.88. The fourth-order valence-corrected chi connectivity index (χ4v) is 4.33. The van der Waals surface area contributed by atoms with Gasteiger partial charge in [0.25, 0.3) is 0 Å². The van der Waals surface area contributed by atoms with Crippen LogP contribution in [0.2, 0.25) is 0 Å². The molecule has 3 aromatic rings. The Morgan fingerprint density at radius 2 is 1.69 bits per heavy atom. The van der Waals surface area contributed by atoms with E-state index in [4.69, 9.17) is 5.73 Å². The quantitative estimate of drug-likeness (QED) is 0.582. The van der Waals surface area contributed by atoms with Gasteiger partial charge in [-0.2, -0.15) is 0 Å². The summed E-state index contributed by atoms with van der Waals surface area (Å²) in [6.45, 7) is 1.52. The third-order valence-electron chi connectivity index (χ3n) is 5.47. The summed E-state index contributed by atoms with van der Waals surface area (Å²) in [5.74, 6) is -0.978. The molecule has 0 saturated heterocycles. The third kappa shape index (κ3) is 2.06. The lowest BCUT2D eigenvalue weighted by molar-refractivity contribution is 0.0999. The summed E-state index contributed by atoms with van der Waals surface area (Å²) in [6.07, 6.45) is 0.602. The lowest BCUT2D eigenvalue weighted by Crippen LogP contribution is -2.14. The van der Waals surface area contributed by atoms with Crippen LogP contribution < -0.4 is 11.1 Å². The molecule has 1 amide bonds. The first-order chi connectivity index (χ1) is 12.6. The minimum absolute atomic E-state index is 0.281. The third-order valence-corrected chi connectivity index (χ3v) is 5.47. The fraction of sp³-hybridized carbons (Fsp3) is 0.136. The van der Waals surface area contributed by atoms with Gasteiger partial charge in [0.15, 0.2) is 0 Å². The molecule has 3 aromatic carbocycles. The van der Waals surface area contributed by atoms with Crippen molar-refractivity contribution in [1.29, 1.82) is 0 Å². The zero-order valence-electron chi connectivity index (χ0n) is 14.1. The number of hydrogen-bond donors (Lipinski definition) is 2. The van der Waals surface area contributed by atoms with Gasteiger partial charge >= 0.3 is 0 Å². The van der Waals surface area contributed by atoms with E-state index in [-0.39, 0.29) is 5.56 Å². The van der Waals surface area contributed by atoms with E-state index < -0.39 is 11.7 Å². The predicted octanol–water partition coefficient (Wildman–Crippen LogP) is 3.77. The molecule has 0 aromatic heterocycles. The highest BCUT2D eigenvalue weighted by Gasteiger charge is 2.30. The van der Waals surface area contributed by atoms with Crippen molar-refractivity contribution < 1.29 is 9.18 Å². The van der Waals surface area contributed by atoms with E-state index in [2.05, 4.69) is 11.4 Å². The molecule has 0 saturated carbocycles. The number of nitrogens with two attached hydrogens (primary N) is 1. The molecule has 1 aliphatic heterocycles. The molecule has 26 heavy (non-hydrogen) atoms. The second kappa shape index (κ2) is 5.51. The van der Waals surface area contributed by atoms with Crippen LogP contribution in [-0.2, 0) is 19.5 Å². The molecule has 2 aliphatic rings. The number of fused-ring (bicyclic) bond motifs is 4. The van der Waals surface area contributed by atoms with Crippen molar-refractivity contribution in [2.75, 3.05) is 0 Å². The number of hydrogen-bond acceptors (Lipinski definition) is 2. The highest BCUT2D eigenvalue weighted by Crippen LogP contribution is 2.47. The summed E-state index contributed by atoms with van der Waals surface area (Å²) in [5.41, 5.74) is 13.4. The maximum absolute atomic E-state index is 15.3. The van der Waals surface area contributed by atoms with E-state index in [0.717, 1.165) is 46.5 Å². The number of rotatable bonds is 2. The molecule has 0 spiro atoms. The summed E-state index contributed by atoms with van der Waals surface area (Å²) in [7, 11) is 0. The molecule has 0 fully saturated rings. The van der Waals surface area contributed by atoms with Crippen molar-refractivity contribution in [1.82, 2.24) is 5.32 Å². The lowest BCUT2D eigenvalue weighted by atomic mass is 9.88. The molecular weight excluding hydrogens is 327 g/mol. The van der Waals surface area contributed by atoms with Crippen LogP contribution in [0.25, 0.3) is 22.3 Å². The Hall–Kier alpha value is -2.98. The van der Waals surface area contributed by atoms with Crippen molar-refractivity contribution in [2.45, 2.75) is 19.5 Å². The van der Waals surface area contributed by atoms with Gasteiger partial charge in [-0.25, -0.2) is 4.39 Å². The normalized spacial score (nSPS) is 14.0. The zero-order valence-corrected chi connectivity index (χ0v) is 14.1. The van der Waals surface area contributed by atoms with Crippen molar-refractivity contribution in [3.63, 3.8) is 0 Å². The van der Waals surface area contributed by atoms with Gasteiger partial charge in [0, 0.05) is 24.2 Å². The molecule has 0 bridgehead atoms. The van der Waals surface area contributed by atoms with E-state index in [9.17, 15) is 4.79 Å². The van der Waals surface area contributed by atoms with Crippen LogP contribution in [0, 0.1) is 5.82 Å². The van der Waals surface area contributed by atoms with E-state index in [0.29, 0.717) is 12.0 Å². The van der Waals surface area contributed by atoms with Crippen LogP contribution in [0.3, 0.4) is 0 Å². The van der Waals surface area contributed by atoms with Crippen LogP contribution in [0.4, 0.5) is 4.39 Å². The molecule has 1 aliphatic carbocycles. The van der Waals surface area contributed by atoms with Crippen molar-refractivity contribution in [3.05, 3.63) is 82.2 Å². The average molecular weight is 344 g/mol. The number of amides is 1. The van der Waals surface area contributed by atoms with E-state index in [1.165, 1.54) is 11.6 Å². The molecule has 0 atom stereocenters. The first-order valence-corrected chi connectivity index (χ1v) is 8.70. The summed E-state index contributed by atoms with van der Waals surface area (Å²) in [5, 5.41) is 3.34. The molecule has 0 unspecified atom stereocenters. The fourth-order valence-electron chi connectivity index (χ4n) is 4.33. The zero-order chi connectivity index (χ0) is 17.8. The highest BCUT2D eigenvalue weighted by atomic mass is 19.1. The smallest absolute Gasteiger partial charge is 0.249 e. The van der Waals surface area contributed by atoms with Gasteiger partial charge in [-0.15, -0.1) is 0 Å². The van der Waals surface area contributed by atoms with Crippen molar-refractivity contribution in [2.24, 2.45) is 5.73 Å². The van der Waals surface area contributed by atoms with Gasteiger partial charge in [0.1, 0.15) is 5.82 Å². The average Bonchev–Trinajstić information content (AvgIpc) is 3.25. The van der Waals surface area contributed by atoms with Crippen LogP contribution in [0.15, 0.2) is 48.5 Å². The SMILES string of the molecule is NC(=O)c1cc(F)c(-c2cccc3c2CNC3)c2c1Cc1ccccc1-2. The largest absolute Gasteiger partial charge is 0.366 e. The van der Waals surface area contributed by atoms with Crippen molar-refractivity contribution in [3.8, 4) is 22.3 Å². The number of carbonyl (C=O) groups is 1.